The van der Waals surface area contributed by atoms with Gasteiger partial charge in [-0.15, -0.1) is 0 Å². The van der Waals surface area contributed by atoms with Gasteiger partial charge in [0.15, 0.2) is 0 Å². The van der Waals surface area contributed by atoms with Crippen LogP contribution in [0.25, 0.3) is 0 Å². The first-order chi connectivity index (χ1) is 13.3. The number of nitrogens with zero attached hydrogens (tertiary/aromatic N) is 2. The van der Waals surface area contributed by atoms with Crippen molar-refractivity contribution in [1.82, 2.24) is 0 Å². The van der Waals surface area contributed by atoms with Crippen molar-refractivity contribution in [2.45, 2.75) is 11.8 Å². The third kappa shape index (κ3) is 4.54. The molecule has 0 spiro atoms. The van der Waals surface area contributed by atoms with Gasteiger partial charge in [-0.25, -0.2) is 8.42 Å². The standard InChI is InChI=1S/C18H16N4O5S/c1-13-7-8-15(27-13)12-19-20-17-10-9-16(11-18(17)22(23)24)28(25,26)21-14-5-3-2-4-6-14/h2-12,20-21H,1H3/b19-12-. The van der Waals surface area contributed by atoms with Crippen molar-refractivity contribution in [1.29, 1.82) is 0 Å². The second-order valence-electron chi connectivity index (χ2n) is 5.73. The molecule has 0 bridgehead atoms. The average molecular weight is 400 g/mol. The molecule has 0 saturated heterocycles. The van der Waals surface area contributed by atoms with Crippen LogP contribution in [0.1, 0.15) is 11.5 Å². The Balaban J connectivity index is 1.84. The van der Waals surface area contributed by atoms with Crippen molar-refractivity contribution in [2.24, 2.45) is 5.10 Å². The molecule has 0 radical (unpaired) electrons. The predicted octanol–water partition coefficient (Wildman–Crippen LogP) is 3.74. The highest BCUT2D eigenvalue weighted by Crippen LogP contribution is 2.28. The van der Waals surface area contributed by atoms with Crippen LogP contribution in [-0.4, -0.2) is 19.6 Å². The van der Waals surface area contributed by atoms with E-state index in [9.17, 15) is 18.5 Å². The van der Waals surface area contributed by atoms with E-state index in [0.29, 0.717) is 17.2 Å². The van der Waals surface area contributed by atoms with Crippen LogP contribution in [0.3, 0.4) is 0 Å². The van der Waals surface area contributed by atoms with Crippen LogP contribution >= 0.6 is 0 Å². The molecule has 2 N–H and O–H groups in total. The fourth-order valence-electron chi connectivity index (χ4n) is 2.33. The first-order valence-electron chi connectivity index (χ1n) is 8.07. The fraction of sp³-hybridized carbons (Fsp3) is 0.0556. The number of furan rings is 1. The van der Waals surface area contributed by atoms with E-state index in [1.807, 2.05) is 0 Å². The second kappa shape index (κ2) is 7.92. The minimum absolute atomic E-state index is 0.0446. The number of nitro benzene ring substituents is 1. The third-order valence-corrected chi connectivity index (χ3v) is 5.02. The normalized spacial score (nSPS) is 11.5. The summed E-state index contributed by atoms with van der Waals surface area (Å²) in [4.78, 5) is 10.5. The summed E-state index contributed by atoms with van der Waals surface area (Å²) in [5.41, 5.74) is 2.50. The molecule has 0 atom stereocenters. The van der Waals surface area contributed by atoms with Gasteiger partial charge in [0.05, 0.1) is 16.0 Å². The first-order valence-corrected chi connectivity index (χ1v) is 9.55. The zero-order chi connectivity index (χ0) is 20.1. The summed E-state index contributed by atoms with van der Waals surface area (Å²) in [5, 5.41) is 15.3. The van der Waals surface area contributed by atoms with Crippen molar-refractivity contribution in [3.05, 3.63) is 82.3 Å². The van der Waals surface area contributed by atoms with Crippen molar-refractivity contribution >= 4 is 33.3 Å². The van der Waals surface area contributed by atoms with Gasteiger partial charge in [-0.2, -0.15) is 5.10 Å². The molecule has 0 saturated carbocycles. The van der Waals surface area contributed by atoms with Gasteiger partial charge in [-0.1, -0.05) is 18.2 Å². The molecule has 3 rings (SSSR count). The predicted molar refractivity (Wildman–Crippen MR) is 105 cm³/mol. The van der Waals surface area contributed by atoms with E-state index in [2.05, 4.69) is 15.2 Å². The maximum atomic E-state index is 12.5. The van der Waals surface area contributed by atoms with Gasteiger partial charge in [0, 0.05) is 11.8 Å². The third-order valence-electron chi connectivity index (χ3n) is 3.64. The van der Waals surface area contributed by atoms with Crippen LogP contribution in [0, 0.1) is 17.0 Å². The number of hydrogen-bond donors (Lipinski definition) is 2. The molecular formula is C18H16N4O5S. The molecule has 0 amide bonds. The largest absolute Gasteiger partial charge is 0.460 e. The minimum Gasteiger partial charge on any atom is -0.460 e. The summed E-state index contributed by atoms with van der Waals surface area (Å²) >= 11 is 0. The van der Waals surface area contributed by atoms with Crippen LogP contribution in [-0.2, 0) is 10.0 Å². The summed E-state index contributed by atoms with van der Waals surface area (Å²) in [6.45, 7) is 1.78. The van der Waals surface area contributed by atoms with Crippen molar-refractivity contribution in [2.75, 3.05) is 10.1 Å². The number of para-hydroxylation sites is 1. The minimum atomic E-state index is -3.98. The molecule has 1 heterocycles. The van der Waals surface area contributed by atoms with Gasteiger partial charge in [-0.05, 0) is 43.3 Å². The van der Waals surface area contributed by atoms with E-state index < -0.39 is 20.6 Å². The summed E-state index contributed by atoms with van der Waals surface area (Å²) in [5.74, 6) is 1.17. The molecule has 0 fully saturated rings. The topological polar surface area (TPSA) is 127 Å². The molecule has 3 aromatic rings. The van der Waals surface area contributed by atoms with Gasteiger partial charge in [0.1, 0.15) is 17.2 Å². The van der Waals surface area contributed by atoms with E-state index in [1.165, 1.54) is 18.3 Å². The van der Waals surface area contributed by atoms with Gasteiger partial charge in [-0.3, -0.25) is 20.3 Å². The number of sulfonamides is 1. The van der Waals surface area contributed by atoms with E-state index in [-0.39, 0.29) is 10.6 Å². The summed E-state index contributed by atoms with van der Waals surface area (Å²) in [6.07, 6.45) is 1.36. The lowest BCUT2D eigenvalue weighted by Gasteiger charge is -2.09. The van der Waals surface area contributed by atoms with Crippen LogP contribution in [0.2, 0.25) is 0 Å². The lowest BCUT2D eigenvalue weighted by atomic mass is 10.3. The van der Waals surface area contributed by atoms with E-state index in [4.69, 9.17) is 4.42 Å². The number of hydrogen-bond acceptors (Lipinski definition) is 7. The zero-order valence-electron chi connectivity index (χ0n) is 14.7. The fourth-order valence-corrected chi connectivity index (χ4v) is 3.41. The number of aryl methyl sites for hydroxylation is 1. The molecule has 10 heteroatoms. The lowest BCUT2D eigenvalue weighted by molar-refractivity contribution is -0.384. The Bertz CT molecular complexity index is 1120. The number of benzene rings is 2. The Labute approximate surface area is 160 Å². The molecule has 2 aromatic carbocycles. The van der Waals surface area contributed by atoms with Gasteiger partial charge in [0.25, 0.3) is 15.7 Å². The highest BCUT2D eigenvalue weighted by Gasteiger charge is 2.21. The molecule has 1 aromatic heterocycles. The number of rotatable bonds is 7. The molecule has 0 aliphatic rings. The molecular weight excluding hydrogens is 384 g/mol. The van der Waals surface area contributed by atoms with Gasteiger partial charge < -0.3 is 4.42 Å². The Kier molecular flexibility index (Phi) is 5.41. The SMILES string of the molecule is Cc1ccc(/C=N\Nc2ccc(S(=O)(=O)Nc3ccccc3)cc2[N+](=O)[O-])o1. The van der Waals surface area contributed by atoms with Crippen molar-refractivity contribution in [3.63, 3.8) is 0 Å². The summed E-state index contributed by atoms with van der Waals surface area (Å²) < 4.78 is 32.7. The van der Waals surface area contributed by atoms with E-state index in [1.54, 1.807) is 49.4 Å². The molecule has 0 aliphatic carbocycles. The Morgan fingerprint density at radius 3 is 2.50 bits per heavy atom. The van der Waals surface area contributed by atoms with Gasteiger partial charge >= 0.3 is 0 Å². The van der Waals surface area contributed by atoms with Crippen molar-refractivity contribution in [3.8, 4) is 0 Å². The monoisotopic (exact) mass is 400 g/mol. The lowest BCUT2D eigenvalue weighted by Crippen LogP contribution is -2.13. The molecule has 0 unspecified atom stereocenters. The van der Waals surface area contributed by atoms with Crippen LogP contribution in [0.5, 0.6) is 0 Å². The van der Waals surface area contributed by atoms with Crippen molar-refractivity contribution < 1.29 is 17.8 Å². The number of nitrogens with one attached hydrogen (secondary N) is 2. The summed E-state index contributed by atoms with van der Waals surface area (Å²) in [6, 6.07) is 15.2. The maximum Gasteiger partial charge on any atom is 0.295 e. The Morgan fingerprint density at radius 2 is 1.86 bits per heavy atom. The van der Waals surface area contributed by atoms with E-state index >= 15 is 0 Å². The number of nitro groups is 1. The smallest absolute Gasteiger partial charge is 0.295 e. The maximum absolute atomic E-state index is 12.5. The van der Waals surface area contributed by atoms with Gasteiger partial charge in [0.2, 0.25) is 0 Å². The molecule has 144 valence electrons. The molecule has 28 heavy (non-hydrogen) atoms. The average Bonchev–Trinajstić information content (AvgIpc) is 3.07. The quantitative estimate of drug-likeness (QED) is 0.353. The second-order valence-corrected chi connectivity index (χ2v) is 7.41. The van der Waals surface area contributed by atoms with E-state index in [0.717, 1.165) is 6.07 Å². The van der Waals surface area contributed by atoms with Crippen LogP contribution < -0.4 is 10.1 Å². The summed E-state index contributed by atoms with van der Waals surface area (Å²) in [7, 11) is -3.98. The highest BCUT2D eigenvalue weighted by atomic mass is 32.2. The molecule has 9 nitrogen and oxygen atoms in total. The molecule has 0 aliphatic heterocycles. The highest BCUT2D eigenvalue weighted by molar-refractivity contribution is 7.92. The Hall–Kier alpha value is -3.66. The first kappa shape index (κ1) is 19.1. The van der Waals surface area contributed by atoms with Crippen LogP contribution in [0.4, 0.5) is 17.1 Å². The van der Waals surface area contributed by atoms with Crippen LogP contribution in [0.15, 0.2) is 75.1 Å². The number of anilines is 2. The number of hydrazone groups is 1. The zero-order valence-corrected chi connectivity index (χ0v) is 15.5. The Morgan fingerprint density at radius 1 is 1.11 bits per heavy atom.